The highest BCUT2D eigenvalue weighted by atomic mass is 16.5. The smallest absolute Gasteiger partial charge is 0.303 e. The third kappa shape index (κ3) is 5.21. The summed E-state index contributed by atoms with van der Waals surface area (Å²) in [5.74, 6) is 0.136. The van der Waals surface area contributed by atoms with Crippen LogP contribution in [0, 0.1) is 0 Å². The third-order valence-corrected chi connectivity index (χ3v) is 2.95. The zero-order valence-corrected chi connectivity index (χ0v) is 11.2. The first-order chi connectivity index (χ1) is 8.63. The van der Waals surface area contributed by atoms with Gasteiger partial charge in [-0.15, -0.1) is 0 Å². The standard InChI is InChI=1S/C15H22O3/c1-3-4-5-10-18-14-8-6-13(7-9-14)12(2)11-15(16)17/h6-9,12H,3-5,10-11H2,1-2H3,(H,16,17). The normalized spacial score (nSPS) is 12.1. The van der Waals surface area contributed by atoms with Crippen LogP contribution in [0.15, 0.2) is 24.3 Å². The lowest BCUT2D eigenvalue weighted by atomic mass is 9.98. The van der Waals surface area contributed by atoms with E-state index in [2.05, 4.69) is 6.92 Å². The van der Waals surface area contributed by atoms with Gasteiger partial charge in [-0.05, 0) is 30.0 Å². The van der Waals surface area contributed by atoms with E-state index in [1.54, 1.807) is 0 Å². The van der Waals surface area contributed by atoms with Crippen LogP contribution in [-0.2, 0) is 4.79 Å². The van der Waals surface area contributed by atoms with Gasteiger partial charge in [0.2, 0.25) is 0 Å². The van der Waals surface area contributed by atoms with Gasteiger partial charge in [-0.3, -0.25) is 4.79 Å². The van der Waals surface area contributed by atoms with Gasteiger partial charge in [-0.2, -0.15) is 0 Å². The Hall–Kier alpha value is -1.51. The van der Waals surface area contributed by atoms with Gasteiger partial charge in [-0.25, -0.2) is 0 Å². The van der Waals surface area contributed by atoms with Crippen LogP contribution in [0.25, 0.3) is 0 Å². The first-order valence-corrected chi connectivity index (χ1v) is 6.58. The lowest BCUT2D eigenvalue weighted by Crippen LogP contribution is -2.03. The van der Waals surface area contributed by atoms with Crippen LogP contribution in [0.2, 0.25) is 0 Å². The molecule has 100 valence electrons. The van der Waals surface area contributed by atoms with E-state index in [1.165, 1.54) is 12.8 Å². The van der Waals surface area contributed by atoms with Gasteiger partial charge in [0.15, 0.2) is 0 Å². The second-order valence-corrected chi connectivity index (χ2v) is 4.62. The SMILES string of the molecule is CCCCCOc1ccc(C(C)CC(=O)O)cc1. The van der Waals surface area contributed by atoms with E-state index < -0.39 is 5.97 Å². The number of aliphatic carboxylic acids is 1. The van der Waals surface area contributed by atoms with E-state index in [0.29, 0.717) is 0 Å². The van der Waals surface area contributed by atoms with Crippen molar-refractivity contribution in [2.75, 3.05) is 6.61 Å². The molecule has 0 fully saturated rings. The molecule has 0 amide bonds. The lowest BCUT2D eigenvalue weighted by Gasteiger charge is -2.10. The molecule has 0 aliphatic carbocycles. The van der Waals surface area contributed by atoms with Crippen LogP contribution in [0.4, 0.5) is 0 Å². The Morgan fingerprint density at radius 2 is 1.94 bits per heavy atom. The molecule has 0 aliphatic rings. The molecule has 1 aromatic carbocycles. The molecule has 0 spiro atoms. The zero-order valence-electron chi connectivity index (χ0n) is 11.2. The van der Waals surface area contributed by atoms with Crippen molar-refractivity contribution in [3.63, 3.8) is 0 Å². The van der Waals surface area contributed by atoms with Gasteiger partial charge in [0.05, 0.1) is 13.0 Å². The number of carbonyl (C=O) groups is 1. The molecule has 1 aromatic rings. The summed E-state index contributed by atoms with van der Waals surface area (Å²) in [5, 5.41) is 8.74. The zero-order chi connectivity index (χ0) is 13.4. The summed E-state index contributed by atoms with van der Waals surface area (Å²) in [6.07, 6.45) is 3.62. The predicted molar refractivity (Wildman–Crippen MR) is 72.1 cm³/mol. The second-order valence-electron chi connectivity index (χ2n) is 4.62. The topological polar surface area (TPSA) is 46.5 Å². The first kappa shape index (κ1) is 14.6. The number of rotatable bonds is 8. The number of hydrogen-bond acceptors (Lipinski definition) is 2. The quantitative estimate of drug-likeness (QED) is 0.713. The maximum absolute atomic E-state index is 10.6. The molecular formula is C15H22O3. The summed E-state index contributed by atoms with van der Waals surface area (Å²) in [7, 11) is 0. The third-order valence-electron chi connectivity index (χ3n) is 2.95. The fourth-order valence-corrected chi connectivity index (χ4v) is 1.81. The molecule has 0 saturated heterocycles. The molecular weight excluding hydrogens is 228 g/mol. The summed E-state index contributed by atoms with van der Waals surface area (Å²) in [6, 6.07) is 7.73. The van der Waals surface area contributed by atoms with E-state index in [1.807, 2.05) is 31.2 Å². The predicted octanol–water partition coefficient (Wildman–Crippen LogP) is 3.83. The van der Waals surface area contributed by atoms with Crippen LogP contribution in [0.5, 0.6) is 5.75 Å². The first-order valence-electron chi connectivity index (χ1n) is 6.58. The van der Waals surface area contributed by atoms with E-state index >= 15 is 0 Å². The number of hydrogen-bond donors (Lipinski definition) is 1. The number of carboxylic acid groups (broad SMARTS) is 1. The van der Waals surface area contributed by atoms with E-state index in [9.17, 15) is 4.79 Å². The molecule has 0 bridgehead atoms. The van der Waals surface area contributed by atoms with Crippen LogP contribution >= 0.6 is 0 Å². The van der Waals surface area contributed by atoms with E-state index in [-0.39, 0.29) is 12.3 Å². The minimum Gasteiger partial charge on any atom is -0.494 e. The fraction of sp³-hybridized carbons (Fsp3) is 0.533. The number of benzene rings is 1. The average molecular weight is 250 g/mol. The molecule has 1 unspecified atom stereocenters. The van der Waals surface area contributed by atoms with Gasteiger partial charge in [-0.1, -0.05) is 38.8 Å². The Morgan fingerprint density at radius 1 is 1.28 bits per heavy atom. The molecule has 0 aliphatic heterocycles. The molecule has 0 heterocycles. The fourth-order valence-electron chi connectivity index (χ4n) is 1.81. The van der Waals surface area contributed by atoms with Gasteiger partial charge in [0.25, 0.3) is 0 Å². The Bertz CT molecular complexity index is 357. The lowest BCUT2D eigenvalue weighted by molar-refractivity contribution is -0.137. The Morgan fingerprint density at radius 3 is 2.50 bits per heavy atom. The minimum absolute atomic E-state index is 0.0386. The highest BCUT2D eigenvalue weighted by Crippen LogP contribution is 2.22. The van der Waals surface area contributed by atoms with Gasteiger partial charge in [0.1, 0.15) is 5.75 Å². The second kappa shape index (κ2) is 7.75. The summed E-state index contributed by atoms with van der Waals surface area (Å²) < 4.78 is 5.61. The summed E-state index contributed by atoms with van der Waals surface area (Å²) in [6.45, 7) is 4.84. The van der Waals surface area contributed by atoms with Crippen molar-refractivity contribution in [2.24, 2.45) is 0 Å². The van der Waals surface area contributed by atoms with Crippen LogP contribution in [-0.4, -0.2) is 17.7 Å². The van der Waals surface area contributed by atoms with Gasteiger partial charge in [0, 0.05) is 0 Å². The molecule has 18 heavy (non-hydrogen) atoms. The summed E-state index contributed by atoms with van der Waals surface area (Å²) in [4.78, 5) is 10.6. The molecule has 1 atom stereocenters. The monoisotopic (exact) mass is 250 g/mol. The molecule has 0 saturated carbocycles. The maximum Gasteiger partial charge on any atom is 0.303 e. The molecule has 3 heteroatoms. The Kier molecular flexibility index (Phi) is 6.26. The van der Waals surface area contributed by atoms with Gasteiger partial charge >= 0.3 is 5.97 Å². The van der Waals surface area contributed by atoms with Crippen LogP contribution < -0.4 is 4.74 Å². The maximum atomic E-state index is 10.6. The Labute approximate surface area is 109 Å². The molecule has 3 nitrogen and oxygen atoms in total. The van der Waals surface area contributed by atoms with E-state index in [4.69, 9.17) is 9.84 Å². The molecule has 0 aromatic heterocycles. The molecule has 1 rings (SSSR count). The average Bonchev–Trinajstić information content (AvgIpc) is 2.34. The molecule has 0 radical (unpaired) electrons. The van der Waals surface area contributed by atoms with Crippen LogP contribution in [0.1, 0.15) is 51.0 Å². The Balaban J connectivity index is 2.44. The summed E-state index contributed by atoms with van der Waals surface area (Å²) in [5.41, 5.74) is 1.04. The van der Waals surface area contributed by atoms with Crippen LogP contribution in [0.3, 0.4) is 0 Å². The number of ether oxygens (including phenoxy) is 1. The van der Waals surface area contributed by atoms with Crippen molar-refractivity contribution in [3.05, 3.63) is 29.8 Å². The molecule has 1 N–H and O–H groups in total. The van der Waals surface area contributed by atoms with E-state index in [0.717, 1.165) is 24.3 Å². The van der Waals surface area contributed by atoms with Crippen molar-refractivity contribution in [1.29, 1.82) is 0 Å². The van der Waals surface area contributed by atoms with Crippen molar-refractivity contribution < 1.29 is 14.6 Å². The van der Waals surface area contributed by atoms with Gasteiger partial charge < -0.3 is 9.84 Å². The van der Waals surface area contributed by atoms with Crippen molar-refractivity contribution >= 4 is 5.97 Å². The highest BCUT2D eigenvalue weighted by molar-refractivity contribution is 5.67. The summed E-state index contributed by atoms with van der Waals surface area (Å²) >= 11 is 0. The highest BCUT2D eigenvalue weighted by Gasteiger charge is 2.09. The largest absolute Gasteiger partial charge is 0.494 e. The number of unbranched alkanes of at least 4 members (excludes halogenated alkanes) is 2. The van der Waals surface area contributed by atoms with Crippen molar-refractivity contribution in [1.82, 2.24) is 0 Å². The van der Waals surface area contributed by atoms with Crippen molar-refractivity contribution in [3.8, 4) is 5.75 Å². The minimum atomic E-state index is -0.762. The van der Waals surface area contributed by atoms with Crippen molar-refractivity contribution in [2.45, 2.75) is 45.4 Å². The number of carboxylic acids is 1.